The molecule has 0 bridgehead atoms. The summed E-state index contributed by atoms with van der Waals surface area (Å²) in [5.74, 6) is 0.688. The van der Waals surface area contributed by atoms with Crippen molar-refractivity contribution in [3.05, 3.63) is 22.1 Å². The van der Waals surface area contributed by atoms with Crippen molar-refractivity contribution in [1.82, 2.24) is 14.6 Å². The number of H-pyrrole nitrogens is 1. The molecule has 0 saturated heterocycles. The molecule has 2 rings (SSSR count). The Balaban J connectivity index is 2.49. The average molecular weight is 219 g/mol. The van der Waals surface area contributed by atoms with Crippen LogP contribution in [0.2, 0.25) is 5.15 Å². The van der Waals surface area contributed by atoms with Gasteiger partial charge < -0.3 is 0 Å². The number of halogens is 1. The first-order valence-electron chi connectivity index (χ1n) is 3.02. The van der Waals surface area contributed by atoms with Crippen LogP contribution in [0.3, 0.4) is 0 Å². The Morgan fingerprint density at radius 2 is 2.50 bits per heavy atom. The lowest BCUT2D eigenvalue weighted by Crippen LogP contribution is -1.92. The van der Waals surface area contributed by atoms with Gasteiger partial charge in [-0.25, -0.2) is 4.99 Å². The minimum absolute atomic E-state index is 0.444. The lowest BCUT2D eigenvalue weighted by Gasteiger charge is -1.79. The van der Waals surface area contributed by atoms with Gasteiger partial charge in [0.1, 0.15) is 5.82 Å². The summed E-state index contributed by atoms with van der Waals surface area (Å²) in [6, 6.07) is 1.76. The largest absolute Gasteiger partial charge is 0.261 e. The third-order valence-electron chi connectivity index (χ3n) is 1.12. The molecule has 0 aromatic carbocycles. The van der Waals surface area contributed by atoms with Crippen LogP contribution in [-0.2, 0) is 0 Å². The normalized spacial score (nSPS) is 12.2. The van der Waals surface area contributed by atoms with E-state index < -0.39 is 0 Å². The molecule has 1 N–H and O–H groups in total. The monoisotopic (exact) mass is 218 g/mol. The van der Waals surface area contributed by atoms with E-state index in [1.807, 2.05) is 0 Å². The highest BCUT2D eigenvalue weighted by atomic mass is 35.5. The molecule has 0 saturated carbocycles. The average Bonchev–Trinajstić information content (AvgIpc) is 2.65. The maximum atomic E-state index is 5.74. The number of hydrogen-bond acceptors (Lipinski definition) is 5. The van der Waals surface area contributed by atoms with Crippen molar-refractivity contribution in [3.63, 3.8) is 0 Å². The standard InChI is InChI=1S/C5H3ClN4S2/c6-4-5(11-12-10-4)8-3-1-2-7-9-3/h1-2H,(H,7,9). The smallest absolute Gasteiger partial charge is 0.179 e. The number of rotatable bonds is 1. The molecule has 0 spiro atoms. The Hall–Kier alpha value is -0.720. The quantitative estimate of drug-likeness (QED) is 0.743. The molecule has 2 aromatic heterocycles. The van der Waals surface area contributed by atoms with Crippen LogP contribution < -0.4 is 4.67 Å². The first-order chi connectivity index (χ1) is 5.86. The Morgan fingerprint density at radius 3 is 3.08 bits per heavy atom. The van der Waals surface area contributed by atoms with Crippen molar-refractivity contribution in [2.24, 2.45) is 4.99 Å². The van der Waals surface area contributed by atoms with E-state index in [1.165, 1.54) is 20.9 Å². The summed E-state index contributed by atoms with van der Waals surface area (Å²) in [7, 11) is 2.75. The predicted octanol–water partition coefficient (Wildman–Crippen LogP) is 1.81. The fourth-order valence-electron chi connectivity index (χ4n) is 0.645. The van der Waals surface area contributed by atoms with Crippen LogP contribution in [0.5, 0.6) is 0 Å². The van der Waals surface area contributed by atoms with Crippen molar-refractivity contribution < 1.29 is 0 Å². The second-order valence-electron chi connectivity index (χ2n) is 1.90. The molecule has 0 fully saturated rings. The number of aromatic amines is 1. The van der Waals surface area contributed by atoms with Crippen LogP contribution in [0.1, 0.15) is 0 Å². The molecule has 0 unspecified atom stereocenters. The number of hydrogen-bond donors (Lipinski definition) is 1. The molecule has 2 aromatic rings. The second-order valence-corrected chi connectivity index (χ2v) is 4.09. The van der Waals surface area contributed by atoms with Gasteiger partial charge in [-0.3, -0.25) is 5.10 Å². The highest BCUT2D eigenvalue weighted by molar-refractivity contribution is 7.66. The molecular weight excluding hydrogens is 216 g/mol. The topological polar surface area (TPSA) is 53.9 Å². The minimum atomic E-state index is 0.444. The van der Waals surface area contributed by atoms with Gasteiger partial charge in [-0.1, -0.05) is 11.6 Å². The van der Waals surface area contributed by atoms with E-state index >= 15 is 0 Å². The van der Waals surface area contributed by atoms with E-state index in [4.69, 9.17) is 11.6 Å². The molecule has 0 aliphatic carbocycles. The maximum absolute atomic E-state index is 5.74. The number of aromatic nitrogens is 3. The molecule has 0 aliphatic heterocycles. The van der Waals surface area contributed by atoms with Gasteiger partial charge in [0.2, 0.25) is 0 Å². The fraction of sp³-hybridized carbons (Fsp3) is 0. The Labute approximate surface area is 80.1 Å². The van der Waals surface area contributed by atoms with Gasteiger partial charge in [0.25, 0.3) is 0 Å². The fourth-order valence-corrected chi connectivity index (χ4v) is 2.63. The van der Waals surface area contributed by atoms with Gasteiger partial charge in [0.05, 0.1) is 6.20 Å². The van der Waals surface area contributed by atoms with E-state index in [0.29, 0.717) is 15.6 Å². The SMILES string of the molecule is Clc1nssc1=Nc1ccn[nH]1. The highest BCUT2D eigenvalue weighted by Gasteiger charge is 1.96. The van der Waals surface area contributed by atoms with Crippen molar-refractivity contribution in [1.29, 1.82) is 0 Å². The lowest BCUT2D eigenvalue weighted by molar-refractivity contribution is 1.07. The molecule has 12 heavy (non-hydrogen) atoms. The van der Waals surface area contributed by atoms with Crippen LogP contribution >= 0.6 is 32.5 Å². The van der Waals surface area contributed by atoms with E-state index in [2.05, 4.69) is 19.6 Å². The molecule has 62 valence electrons. The Morgan fingerprint density at radius 1 is 1.58 bits per heavy atom. The summed E-state index contributed by atoms with van der Waals surface area (Å²) in [5.41, 5.74) is 0. The van der Waals surface area contributed by atoms with E-state index in [1.54, 1.807) is 12.3 Å². The zero-order valence-electron chi connectivity index (χ0n) is 5.69. The van der Waals surface area contributed by atoms with E-state index in [0.717, 1.165) is 0 Å². The Kier molecular flexibility index (Phi) is 2.20. The van der Waals surface area contributed by atoms with Crippen molar-refractivity contribution >= 4 is 38.3 Å². The summed E-state index contributed by atoms with van der Waals surface area (Å²) >= 11 is 5.74. The summed E-state index contributed by atoms with van der Waals surface area (Å²) in [6.45, 7) is 0. The van der Waals surface area contributed by atoms with Crippen molar-refractivity contribution in [2.75, 3.05) is 0 Å². The lowest BCUT2D eigenvalue weighted by atomic mass is 10.6. The van der Waals surface area contributed by atoms with Gasteiger partial charge in [-0.2, -0.15) is 9.47 Å². The van der Waals surface area contributed by atoms with Crippen LogP contribution in [0, 0.1) is 0 Å². The van der Waals surface area contributed by atoms with Gasteiger partial charge in [0, 0.05) is 16.6 Å². The molecule has 4 nitrogen and oxygen atoms in total. The number of nitrogens with one attached hydrogen (secondary N) is 1. The van der Waals surface area contributed by atoms with Gasteiger partial charge in [-0.05, 0) is 10.3 Å². The van der Waals surface area contributed by atoms with Crippen molar-refractivity contribution in [2.45, 2.75) is 0 Å². The minimum Gasteiger partial charge on any atom is -0.261 e. The zero-order valence-corrected chi connectivity index (χ0v) is 8.08. The summed E-state index contributed by atoms with van der Waals surface area (Å²) in [6.07, 6.45) is 1.64. The third-order valence-corrected chi connectivity index (χ3v) is 3.29. The summed E-state index contributed by atoms with van der Waals surface area (Å²) in [4.78, 5) is 4.18. The Bertz CT molecular complexity index is 415. The van der Waals surface area contributed by atoms with Crippen LogP contribution in [0.15, 0.2) is 17.3 Å². The molecular formula is C5H3ClN4S2. The molecule has 7 heteroatoms. The number of nitrogens with zero attached hydrogens (tertiary/aromatic N) is 3. The highest BCUT2D eigenvalue weighted by Crippen LogP contribution is 2.09. The van der Waals surface area contributed by atoms with Crippen LogP contribution in [0.4, 0.5) is 5.82 Å². The van der Waals surface area contributed by atoms with Gasteiger partial charge in [0.15, 0.2) is 9.82 Å². The molecule has 0 radical (unpaired) electrons. The zero-order chi connectivity index (χ0) is 8.39. The predicted molar refractivity (Wildman–Crippen MR) is 48.8 cm³/mol. The first kappa shape index (κ1) is 7.90. The summed E-state index contributed by atoms with van der Waals surface area (Å²) < 4.78 is 4.61. The summed E-state index contributed by atoms with van der Waals surface area (Å²) in [5, 5.41) is 6.91. The third kappa shape index (κ3) is 1.55. The maximum Gasteiger partial charge on any atom is 0.179 e. The van der Waals surface area contributed by atoms with Crippen LogP contribution in [0.25, 0.3) is 0 Å². The molecule has 0 aliphatic rings. The van der Waals surface area contributed by atoms with E-state index in [9.17, 15) is 0 Å². The van der Waals surface area contributed by atoms with E-state index in [-0.39, 0.29) is 0 Å². The molecule has 2 heterocycles. The second kappa shape index (κ2) is 3.34. The first-order valence-corrected chi connectivity index (χ1v) is 5.50. The van der Waals surface area contributed by atoms with Gasteiger partial charge >= 0.3 is 0 Å². The van der Waals surface area contributed by atoms with Gasteiger partial charge in [-0.15, -0.1) is 0 Å². The van der Waals surface area contributed by atoms with Crippen LogP contribution in [-0.4, -0.2) is 14.6 Å². The van der Waals surface area contributed by atoms with Crippen molar-refractivity contribution in [3.8, 4) is 0 Å². The molecule has 0 atom stereocenters. The molecule has 0 amide bonds.